The Hall–Kier alpha value is -2.02. The fourth-order valence-corrected chi connectivity index (χ4v) is 1.29. The largest absolute Gasteiger partial charge is 0.507 e. The number of rotatable bonds is 2. The Balaban J connectivity index is 3.54. The third-order valence-electron chi connectivity index (χ3n) is 1.98. The zero-order valence-corrected chi connectivity index (χ0v) is 7.61. The first kappa shape index (κ1) is 10.1. The van der Waals surface area contributed by atoms with Gasteiger partial charge in [-0.1, -0.05) is 13.0 Å². The van der Waals surface area contributed by atoms with E-state index in [0.29, 0.717) is 12.0 Å². The van der Waals surface area contributed by atoms with Gasteiger partial charge in [-0.05, 0) is 18.1 Å². The minimum atomic E-state index is -1.19. The van der Waals surface area contributed by atoms with Crippen LogP contribution >= 0.6 is 0 Å². The highest BCUT2D eigenvalue weighted by Gasteiger charge is 2.17. The van der Waals surface area contributed by atoms with Crippen molar-refractivity contribution in [2.75, 3.05) is 0 Å². The summed E-state index contributed by atoms with van der Waals surface area (Å²) < 4.78 is 0. The number of carboxylic acids is 1. The van der Waals surface area contributed by atoms with Crippen molar-refractivity contribution in [1.82, 2.24) is 0 Å². The molecule has 0 aliphatic heterocycles. The number of aryl methyl sites for hydroxylation is 1. The molecule has 0 aliphatic carbocycles. The molecular weight excluding hydrogens is 182 g/mol. The normalized spacial score (nSPS) is 9.43. The average molecular weight is 191 g/mol. The van der Waals surface area contributed by atoms with Crippen molar-refractivity contribution in [1.29, 1.82) is 5.26 Å². The summed E-state index contributed by atoms with van der Waals surface area (Å²) in [6.45, 7) is 1.79. The van der Waals surface area contributed by atoms with E-state index in [-0.39, 0.29) is 16.9 Å². The third-order valence-corrected chi connectivity index (χ3v) is 1.98. The number of phenols is 1. The summed E-state index contributed by atoms with van der Waals surface area (Å²) in [5, 5.41) is 26.8. The molecule has 0 aromatic heterocycles. The molecule has 0 bridgehead atoms. The van der Waals surface area contributed by atoms with Gasteiger partial charge in [-0.3, -0.25) is 0 Å². The molecule has 1 aromatic carbocycles. The van der Waals surface area contributed by atoms with Gasteiger partial charge < -0.3 is 10.2 Å². The molecular formula is C10H9NO3. The molecule has 1 aromatic rings. The van der Waals surface area contributed by atoms with Crippen LogP contribution in [0.5, 0.6) is 5.75 Å². The highest BCUT2D eigenvalue weighted by Crippen LogP contribution is 2.24. The van der Waals surface area contributed by atoms with Crippen LogP contribution in [0, 0.1) is 11.3 Å². The molecule has 0 saturated carbocycles. The van der Waals surface area contributed by atoms with Gasteiger partial charge in [0.05, 0.1) is 5.56 Å². The highest BCUT2D eigenvalue weighted by molar-refractivity contribution is 5.93. The van der Waals surface area contributed by atoms with E-state index in [1.807, 2.05) is 0 Å². The van der Waals surface area contributed by atoms with Gasteiger partial charge in [0.1, 0.15) is 17.4 Å². The van der Waals surface area contributed by atoms with Crippen molar-refractivity contribution >= 4 is 5.97 Å². The fourth-order valence-electron chi connectivity index (χ4n) is 1.29. The molecule has 0 amide bonds. The SMILES string of the molecule is CCc1ccc(O)c(C#N)c1C(=O)O. The average Bonchev–Trinajstić information content (AvgIpc) is 2.17. The smallest absolute Gasteiger partial charge is 0.337 e. The van der Waals surface area contributed by atoms with Crippen LogP contribution in [0.1, 0.15) is 28.4 Å². The van der Waals surface area contributed by atoms with E-state index in [2.05, 4.69) is 0 Å². The molecule has 14 heavy (non-hydrogen) atoms. The molecule has 0 unspecified atom stereocenters. The standard InChI is InChI=1S/C10H9NO3/c1-2-6-3-4-8(12)7(5-11)9(6)10(13)14/h3-4,12H,2H2,1H3,(H,13,14). The Labute approximate surface area is 81.0 Å². The molecule has 0 fully saturated rings. The zero-order valence-electron chi connectivity index (χ0n) is 7.61. The molecule has 72 valence electrons. The number of nitriles is 1. The number of carboxylic acid groups (broad SMARTS) is 1. The van der Waals surface area contributed by atoms with Crippen LogP contribution in [0.4, 0.5) is 0 Å². The Morgan fingerprint density at radius 2 is 2.21 bits per heavy atom. The molecule has 0 saturated heterocycles. The van der Waals surface area contributed by atoms with E-state index < -0.39 is 5.97 Å². The van der Waals surface area contributed by atoms with Gasteiger partial charge in [0.25, 0.3) is 0 Å². The number of aromatic carboxylic acids is 1. The van der Waals surface area contributed by atoms with Gasteiger partial charge >= 0.3 is 5.97 Å². The maximum absolute atomic E-state index is 10.9. The summed E-state index contributed by atoms with van der Waals surface area (Å²) >= 11 is 0. The van der Waals surface area contributed by atoms with Crippen molar-refractivity contribution in [3.63, 3.8) is 0 Å². The summed E-state index contributed by atoms with van der Waals surface area (Å²) in [6.07, 6.45) is 0.511. The number of nitrogens with zero attached hydrogens (tertiary/aromatic N) is 1. The van der Waals surface area contributed by atoms with E-state index >= 15 is 0 Å². The molecule has 0 heterocycles. The topological polar surface area (TPSA) is 81.3 Å². The molecule has 2 N–H and O–H groups in total. The Kier molecular flexibility index (Phi) is 2.73. The van der Waals surface area contributed by atoms with Crippen LogP contribution in [-0.4, -0.2) is 16.2 Å². The van der Waals surface area contributed by atoms with Crippen molar-refractivity contribution in [3.05, 3.63) is 28.8 Å². The zero-order chi connectivity index (χ0) is 10.7. The van der Waals surface area contributed by atoms with Crippen LogP contribution < -0.4 is 0 Å². The minimum absolute atomic E-state index is 0.102. The van der Waals surface area contributed by atoms with Gasteiger partial charge in [-0.2, -0.15) is 5.26 Å². The van der Waals surface area contributed by atoms with Crippen molar-refractivity contribution in [3.8, 4) is 11.8 Å². The second-order valence-electron chi connectivity index (χ2n) is 2.76. The van der Waals surface area contributed by atoms with E-state index in [1.165, 1.54) is 12.1 Å². The number of hydrogen-bond donors (Lipinski definition) is 2. The maximum atomic E-state index is 10.9. The number of phenolic OH excluding ortho intramolecular Hbond substituents is 1. The number of hydrogen-bond acceptors (Lipinski definition) is 3. The predicted octanol–water partition coefficient (Wildman–Crippen LogP) is 1.52. The summed E-state index contributed by atoms with van der Waals surface area (Å²) in [6, 6.07) is 4.54. The molecule has 0 atom stereocenters. The van der Waals surface area contributed by atoms with Gasteiger partial charge in [0, 0.05) is 0 Å². The van der Waals surface area contributed by atoms with Crippen LogP contribution in [0.2, 0.25) is 0 Å². The van der Waals surface area contributed by atoms with Crippen LogP contribution in [0.15, 0.2) is 12.1 Å². The first-order valence-electron chi connectivity index (χ1n) is 4.10. The van der Waals surface area contributed by atoms with Gasteiger partial charge in [-0.15, -0.1) is 0 Å². The second-order valence-corrected chi connectivity index (χ2v) is 2.76. The molecule has 0 aliphatic rings. The number of benzene rings is 1. The van der Waals surface area contributed by atoms with Crippen molar-refractivity contribution in [2.24, 2.45) is 0 Å². The second kappa shape index (κ2) is 3.79. The lowest BCUT2D eigenvalue weighted by Gasteiger charge is -2.06. The van der Waals surface area contributed by atoms with Crippen molar-refractivity contribution in [2.45, 2.75) is 13.3 Å². The predicted molar refractivity (Wildman–Crippen MR) is 49.2 cm³/mol. The number of carbonyl (C=O) groups is 1. The van der Waals surface area contributed by atoms with Gasteiger partial charge in [0.15, 0.2) is 0 Å². The summed E-state index contributed by atoms with van der Waals surface area (Å²) in [5.41, 5.74) is 0.277. The lowest BCUT2D eigenvalue weighted by atomic mass is 9.99. The van der Waals surface area contributed by atoms with Crippen LogP contribution in [-0.2, 0) is 6.42 Å². The van der Waals surface area contributed by atoms with Crippen LogP contribution in [0.3, 0.4) is 0 Å². The summed E-state index contributed by atoms with van der Waals surface area (Å²) in [7, 11) is 0. The quantitative estimate of drug-likeness (QED) is 0.742. The fraction of sp³-hybridized carbons (Fsp3) is 0.200. The molecule has 0 spiro atoms. The van der Waals surface area contributed by atoms with E-state index in [1.54, 1.807) is 13.0 Å². The van der Waals surface area contributed by atoms with Gasteiger partial charge in [0.2, 0.25) is 0 Å². The molecule has 1 rings (SSSR count). The Morgan fingerprint density at radius 3 is 2.64 bits per heavy atom. The molecule has 0 radical (unpaired) electrons. The molecule has 4 nitrogen and oxygen atoms in total. The lowest BCUT2D eigenvalue weighted by Crippen LogP contribution is -2.05. The highest BCUT2D eigenvalue weighted by atomic mass is 16.4. The van der Waals surface area contributed by atoms with Crippen molar-refractivity contribution < 1.29 is 15.0 Å². The third kappa shape index (κ3) is 1.52. The molecule has 4 heteroatoms. The van der Waals surface area contributed by atoms with E-state index in [0.717, 1.165) is 0 Å². The Bertz CT molecular complexity index is 418. The summed E-state index contributed by atoms with van der Waals surface area (Å²) in [4.78, 5) is 10.9. The first-order chi connectivity index (χ1) is 6.61. The first-order valence-corrected chi connectivity index (χ1v) is 4.10. The maximum Gasteiger partial charge on any atom is 0.337 e. The van der Waals surface area contributed by atoms with Gasteiger partial charge in [-0.25, -0.2) is 4.79 Å². The van der Waals surface area contributed by atoms with E-state index in [4.69, 9.17) is 10.4 Å². The minimum Gasteiger partial charge on any atom is -0.507 e. The summed E-state index contributed by atoms with van der Waals surface area (Å²) in [5.74, 6) is -1.48. The Morgan fingerprint density at radius 1 is 1.57 bits per heavy atom. The lowest BCUT2D eigenvalue weighted by molar-refractivity contribution is 0.0695. The number of aromatic hydroxyl groups is 1. The monoisotopic (exact) mass is 191 g/mol. The van der Waals surface area contributed by atoms with E-state index in [9.17, 15) is 9.90 Å². The van der Waals surface area contributed by atoms with Crippen LogP contribution in [0.25, 0.3) is 0 Å².